The van der Waals surface area contributed by atoms with Crippen LogP contribution in [0.5, 0.6) is 5.88 Å². The van der Waals surface area contributed by atoms with Crippen LogP contribution < -0.4 is 10.1 Å². The third kappa shape index (κ3) is 1.60. The highest BCUT2D eigenvalue weighted by Gasteiger charge is 2.18. The van der Waals surface area contributed by atoms with Gasteiger partial charge in [-0.15, -0.1) is 0 Å². The number of aromatic nitrogens is 2. The van der Waals surface area contributed by atoms with E-state index in [1.807, 2.05) is 25.1 Å². The predicted octanol–water partition coefficient (Wildman–Crippen LogP) is 1.09. The first kappa shape index (κ1) is 10.5. The Bertz CT molecular complexity index is 519. The molecule has 0 aliphatic carbocycles. The number of carbonyl (C=O) groups excluding carboxylic acids is 1. The van der Waals surface area contributed by atoms with Gasteiger partial charge in [0.2, 0.25) is 5.88 Å². The molecule has 0 aromatic carbocycles. The average molecular weight is 219 g/mol. The summed E-state index contributed by atoms with van der Waals surface area (Å²) in [5.74, 6) is 0.162. The minimum Gasteiger partial charge on any atom is -0.476 e. The fourth-order valence-corrected chi connectivity index (χ4v) is 1.54. The normalized spacial score (nSPS) is 10.4. The van der Waals surface area contributed by atoms with Crippen molar-refractivity contribution in [2.45, 2.75) is 6.92 Å². The second-order valence-electron chi connectivity index (χ2n) is 3.21. The number of fused-ring (bicyclic) bond motifs is 1. The molecule has 5 nitrogen and oxygen atoms in total. The molecule has 1 amide bonds. The molecule has 0 unspecified atom stereocenters. The van der Waals surface area contributed by atoms with Crippen LogP contribution >= 0.6 is 0 Å². The van der Waals surface area contributed by atoms with Gasteiger partial charge in [-0.05, 0) is 19.1 Å². The summed E-state index contributed by atoms with van der Waals surface area (Å²) in [6, 6.07) is 5.54. The highest BCUT2D eigenvalue weighted by atomic mass is 16.5. The van der Waals surface area contributed by atoms with Crippen molar-refractivity contribution in [3.05, 3.63) is 30.1 Å². The summed E-state index contributed by atoms with van der Waals surface area (Å²) in [5, 5.41) is 2.58. The monoisotopic (exact) mass is 219 g/mol. The van der Waals surface area contributed by atoms with E-state index in [0.29, 0.717) is 23.8 Å². The van der Waals surface area contributed by atoms with Crippen molar-refractivity contribution in [2.75, 3.05) is 13.7 Å². The van der Waals surface area contributed by atoms with E-state index in [1.165, 1.54) is 0 Å². The molecule has 0 spiro atoms. The first-order valence-corrected chi connectivity index (χ1v) is 5.10. The van der Waals surface area contributed by atoms with Gasteiger partial charge in [0.05, 0.1) is 6.61 Å². The van der Waals surface area contributed by atoms with E-state index in [9.17, 15) is 4.79 Å². The second kappa shape index (κ2) is 4.22. The van der Waals surface area contributed by atoms with E-state index < -0.39 is 0 Å². The number of rotatable bonds is 3. The fraction of sp³-hybridized carbons (Fsp3) is 0.273. The van der Waals surface area contributed by atoms with Crippen LogP contribution in [0.2, 0.25) is 0 Å². The van der Waals surface area contributed by atoms with Gasteiger partial charge in [0, 0.05) is 13.2 Å². The Kier molecular flexibility index (Phi) is 2.76. The topological polar surface area (TPSA) is 55.6 Å². The van der Waals surface area contributed by atoms with Crippen LogP contribution in [0.25, 0.3) is 5.65 Å². The second-order valence-corrected chi connectivity index (χ2v) is 3.21. The number of nitrogens with zero attached hydrogens (tertiary/aromatic N) is 2. The standard InChI is InChI=1S/C11H13N3O2/c1-3-16-11-9(10(15)12-2)14-7-5-4-6-8(14)13-11/h4-7H,3H2,1-2H3,(H,12,15). The molecule has 0 fully saturated rings. The zero-order valence-corrected chi connectivity index (χ0v) is 9.23. The highest BCUT2D eigenvalue weighted by molar-refractivity contribution is 5.95. The van der Waals surface area contributed by atoms with Crippen molar-refractivity contribution in [1.82, 2.24) is 14.7 Å². The zero-order chi connectivity index (χ0) is 11.5. The van der Waals surface area contributed by atoms with Gasteiger partial charge in [0.1, 0.15) is 5.65 Å². The first-order chi connectivity index (χ1) is 7.77. The highest BCUT2D eigenvalue weighted by Crippen LogP contribution is 2.19. The van der Waals surface area contributed by atoms with Gasteiger partial charge < -0.3 is 10.1 Å². The molecule has 0 saturated carbocycles. The molecule has 2 aromatic rings. The third-order valence-corrected chi connectivity index (χ3v) is 2.22. The Morgan fingerprint density at radius 1 is 1.56 bits per heavy atom. The van der Waals surface area contributed by atoms with Crippen molar-refractivity contribution < 1.29 is 9.53 Å². The quantitative estimate of drug-likeness (QED) is 0.840. The molecule has 16 heavy (non-hydrogen) atoms. The molecule has 0 bridgehead atoms. The van der Waals surface area contributed by atoms with E-state index in [0.717, 1.165) is 0 Å². The van der Waals surface area contributed by atoms with Gasteiger partial charge in [-0.25, -0.2) is 0 Å². The summed E-state index contributed by atoms with van der Waals surface area (Å²) in [7, 11) is 1.58. The molecule has 1 N–H and O–H groups in total. The first-order valence-electron chi connectivity index (χ1n) is 5.10. The lowest BCUT2D eigenvalue weighted by Crippen LogP contribution is -2.20. The van der Waals surface area contributed by atoms with Crippen LogP contribution in [0.4, 0.5) is 0 Å². The fourth-order valence-electron chi connectivity index (χ4n) is 1.54. The minimum absolute atomic E-state index is 0.206. The Hall–Kier alpha value is -2.04. The molecule has 5 heteroatoms. The number of nitrogens with one attached hydrogen (secondary N) is 1. The molecule has 0 aliphatic heterocycles. The molecule has 2 heterocycles. The maximum absolute atomic E-state index is 11.7. The average Bonchev–Trinajstić information content (AvgIpc) is 2.66. The van der Waals surface area contributed by atoms with Crippen LogP contribution in [-0.4, -0.2) is 28.9 Å². The maximum Gasteiger partial charge on any atom is 0.273 e. The van der Waals surface area contributed by atoms with Crippen LogP contribution in [0, 0.1) is 0 Å². The summed E-state index contributed by atoms with van der Waals surface area (Å²) in [5.41, 5.74) is 1.13. The Morgan fingerprint density at radius 2 is 2.38 bits per heavy atom. The van der Waals surface area contributed by atoms with E-state index in [2.05, 4.69) is 10.3 Å². The largest absolute Gasteiger partial charge is 0.476 e. The Labute approximate surface area is 93.1 Å². The Balaban J connectivity index is 2.64. The number of imidazole rings is 1. The van der Waals surface area contributed by atoms with Crippen LogP contribution in [0.3, 0.4) is 0 Å². The summed E-state index contributed by atoms with van der Waals surface area (Å²) in [4.78, 5) is 16.0. The molecule has 84 valence electrons. The van der Waals surface area contributed by atoms with Gasteiger partial charge in [-0.1, -0.05) is 6.07 Å². The lowest BCUT2D eigenvalue weighted by Gasteiger charge is -2.03. The summed E-state index contributed by atoms with van der Waals surface area (Å²) in [6.07, 6.45) is 1.79. The molecular formula is C11H13N3O2. The summed E-state index contributed by atoms with van der Waals surface area (Å²) >= 11 is 0. The van der Waals surface area contributed by atoms with Crippen LogP contribution in [0.1, 0.15) is 17.4 Å². The predicted molar refractivity (Wildman–Crippen MR) is 59.8 cm³/mol. The van der Waals surface area contributed by atoms with Gasteiger partial charge >= 0.3 is 0 Å². The molecular weight excluding hydrogens is 206 g/mol. The van der Waals surface area contributed by atoms with Gasteiger partial charge in [-0.2, -0.15) is 4.98 Å². The van der Waals surface area contributed by atoms with Gasteiger partial charge in [-0.3, -0.25) is 9.20 Å². The summed E-state index contributed by atoms with van der Waals surface area (Å²) < 4.78 is 7.06. The van der Waals surface area contributed by atoms with Crippen molar-refractivity contribution in [3.63, 3.8) is 0 Å². The summed E-state index contributed by atoms with van der Waals surface area (Å²) in [6.45, 7) is 2.34. The number of hydrogen-bond donors (Lipinski definition) is 1. The molecule has 0 atom stereocenters. The van der Waals surface area contributed by atoms with E-state index in [4.69, 9.17) is 4.74 Å². The van der Waals surface area contributed by atoms with Crippen molar-refractivity contribution in [1.29, 1.82) is 0 Å². The number of hydrogen-bond acceptors (Lipinski definition) is 3. The lowest BCUT2D eigenvalue weighted by molar-refractivity contribution is 0.0953. The number of ether oxygens (including phenoxy) is 1. The molecule has 0 aliphatic rings. The molecule has 0 radical (unpaired) electrons. The zero-order valence-electron chi connectivity index (χ0n) is 9.23. The number of carbonyl (C=O) groups is 1. The van der Waals surface area contributed by atoms with Gasteiger partial charge in [0.15, 0.2) is 5.69 Å². The molecule has 2 rings (SSSR count). The minimum atomic E-state index is -0.206. The van der Waals surface area contributed by atoms with E-state index >= 15 is 0 Å². The molecule has 0 saturated heterocycles. The van der Waals surface area contributed by atoms with Gasteiger partial charge in [0.25, 0.3) is 5.91 Å². The van der Waals surface area contributed by atoms with Crippen LogP contribution in [0.15, 0.2) is 24.4 Å². The van der Waals surface area contributed by atoms with E-state index in [1.54, 1.807) is 17.6 Å². The third-order valence-electron chi connectivity index (χ3n) is 2.22. The Morgan fingerprint density at radius 3 is 3.06 bits per heavy atom. The number of pyridine rings is 1. The number of amides is 1. The smallest absolute Gasteiger partial charge is 0.273 e. The van der Waals surface area contributed by atoms with Crippen molar-refractivity contribution >= 4 is 11.6 Å². The SMILES string of the molecule is CCOc1nc2ccccn2c1C(=O)NC. The molecule has 2 aromatic heterocycles. The van der Waals surface area contributed by atoms with Crippen molar-refractivity contribution in [2.24, 2.45) is 0 Å². The van der Waals surface area contributed by atoms with E-state index in [-0.39, 0.29) is 5.91 Å². The maximum atomic E-state index is 11.7. The lowest BCUT2D eigenvalue weighted by atomic mass is 10.4. The van der Waals surface area contributed by atoms with Crippen LogP contribution in [-0.2, 0) is 0 Å². The van der Waals surface area contributed by atoms with Crippen molar-refractivity contribution in [3.8, 4) is 5.88 Å².